The predicted molar refractivity (Wildman–Crippen MR) is 80.1 cm³/mol. The maximum Gasteiger partial charge on any atom is 0.524 e. The number of rotatable bonds is 5. The van der Waals surface area contributed by atoms with Gasteiger partial charge in [-0.25, -0.2) is 4.39 Å². The maximum atomic E-state index is 14.3. The molecular weight excluding hydrogens is 258 g/mol. The third-order valence-corrected chi connectivity index (χ3v) is 3.75. The molecule has 5 heteroatoms. The fourth-order valence-corrected chi connectivity index (χ4v) is 1.78. The van der Waals surface area contributed by atoms with E-state index < -0.39 is 29.6 Å². The maximum absolute atomic E-state index is 14.3. The molecule has 0 saturated carbocycles. The van der Waals surface area contributed by atoms with Gasteiger partial charge in [0.1, 0.15) is 5.73 Å². The van der Waals surface area contributed by atoms with Gasteiger partial charge >= 0.3 is 7.12 Å². The molecule has 0 N–H and O–H groups in total. The lowest BCUT2D eigenvalue weighted by molar-refractivity contribution is 0.00309. The van der Waals surface area contributed by atoms with Crippen molar-refractivity contribution >= 4 is 7.12 Å². The van der Waals surface area contributed by atoms with Crippen LogP contribution in [0.3, 0.4) is 0 Å². The Labute approximate surface area is 123 Å². The first kappa shape index (κ1) is 17.7. The van der Waals surface area contributed by atoms with Gasteiger partial charge in [-0.3, -0.25) is 0 Å². The lowest BCUT2D eigenvalue weighted by Crippen LogP contribution is -2.41. The van der Waals surface area contributed by atoms with Gasteiger partial charge in [0.2, 0.25) is 0 Å². The molecule has 0 bridgehead atoms. The molecule has 0 aromatic rings. The molecule has 116 valence electrons. The van der Waals surface area contributed by atoms with Crippen LogP contribution < -0.4 is 0 Å². The van der Waals surface area contributed by atoms with E-state index in [-0.39, 0.29) is 0 Å². The quantitative estimate of drug-likeness (QED) is 0.717. The van der Waals surface area contributed by atoms with Gasteiger partial charge in [-0.05, 0) is 53.5 Å². The molecule has 1 heterocycles. The van der Waals surface area contributed by atoms with E-state index in [0.717, 1.165) is 0 Å². The standard InChI is InChI=1S/C15H28BFO3/c1-11(2)10-18-13(3,4)9-12(17)16-19-14(5,6)15(7,8)20-16/h9,11H,10H2,1-8H3. The van der Waals surface area contributed by atoms with Crippen LogP contribution in [-0.4, -0.2) is 30.5 Å². The predicted octanol–water partition coefficient (Wildman–Crippen LogP) is 3.92. The summed E-state index contributed by atoms with van der Waals surface area (Å²) in [5.74, 6) is 0.405. The zero-order chi connectivity index (χ0) is 15.8. The van der Waals surface area contributed by atoms with Gasteiger partial charge in [-0.2, -0.15) is 0 Å². The molecule has 0 unspecified atom stereocenters. The second kappa shape index (κ2) is 5.78. The summed E-state index contributed by atoms with van der Waals surface area (Å²) in [5.41, 5.74) is -2.19. The summed E-state index contributed by atoms with van der Waals surface area (Å²) in [5, 5.41) is 0. The van der Waals surface area contributed by atoms with Crippen molar-refractivity contribution in [3.63, 3.8) is 0 Å². The third kappa shape index (κ3) is 4.30. The molecule has 1 aliphatic heterocycles. The minimum absolute atomic E-state index is 0.405. The Hall–Kier alpha value is -0.385. The van der Waals surface area contributed by atoms with Crippen molar-refractivity contribution in [2.75, 3.05) is 6.61 Å². The first-order valence-corrected chi connectivity index (χ1v) is 7.24. The molecule has 20 heavy (non-hydrogen) atoms. The Morgan fingerprint density at radius 1 is 1.20 bits per heavy atom. The molecule has 0 aliphatic carbocycles. The third-order valence-electron chi connectivity index (χ3n) is 3.75. The smallest absolute Gasteiger partial charge is 0.398 e. The van der Waals surface area contributed by atoms with Gasteiger partial charge in [0.25, 0.3) is 0 Å². The summed E-state index contributed by atoms with van der Waals surface area (Å²) >= 11 is 0. The second-order valence-corrected chi connectivity index (χ2v) is 7.43. The normalized spacial score (nSPS) is 22.7. The summed E-state index contributed by atoms with van der Waals surface area (Å²) < 4.78 is 31.4. The Morgan fingerprint density at radius 2 is 1.65 bits per heavy atom. The molecule has 1 aliphatic rings. The van der Waals surface area contributed by atoms with Crippen molar-refractivity contribution < 1.29 is 18.4 Å². The van der Waals surface area contributed by atoms with Crippen LogP contribution in [0.15, 0.2) is 11.8 Å². The summed E-state index contributed by atoms with van der Waals surface area (Å²) in [6, 6.07) is 0. The lowest BCUT2D eigenvalue weighted by atomic mass is 9.85. The van der Waals surface area contributed by atoms with Crippen LogP contribution in [-0.2, 0) is 14.0 Å². The first-order valence-electron chi connectivity index (χ1n) is 7.24. The topological polar surface area (TPSA) is 27.7 Å². The molecule has 1 fully saturated rings. The molecule has 0 spiro atoms. The molecule has 1 saturated heterocycles. The Bertz CT molecular complexity index is 359. The van der Waals surface area contributed by atoms with E-state index in [2.05, 4.69) is 13.8 Å². The molecule has 0 radical (unpaired) electrons. The van der Waals surface area contributed by atoms with Crippen LogP contribution >= 0.6 is 0 Å². The Kier molecular flexibility index (Phi) is 5.10. The molecular formula is C15H28BFO3. The Morgan fingerprint density at radius 3 is 2.05 bits per heavy atom. The zero-order valence-corrected chi connectivity index (χ0v) is 14.0. The Balaban J connectivity index is 2.75. The van der Waals surface area contributed by atoms with Crippen LogP contribution in [0.4, 0.5) is 4.39 Å². The van der Waals surface area contributed by atoms with Gasteiger partial charge in [0, 0.05) is 0 Å². The second-order valence-electron chi connectivity index (χ2n) is 7.43. The van der Waals surface area contributed by atoms with Crippen LogP contribution in [0.2, 0.25) is 0 Å². The van der Waals surface area contributed by atoms with E-state index in [1.165, 1.54) is 6.08 Å². The van der Waals surface area contributed by atoms with E-state index in [1.54, 1.807) is 0 Å². The molecule has 0 amide bonds. The highest BCUT2D eigenvalue weighted by atomic mass is 19.1. The van der Waals surface area contributed by atoms with Crippen LogP contribution in [0.1, 0.15) is 55.4 Å². The van der Waals surface area contributed by atoms with Gasteiger partial charge in [0.05, 0.1) is 23.4 Å². The van der Waals surface area contributed by atoms with E-state index >= 15 is 0 Å². The number of halogens is 1. The molecule has 0 atom stereocenters. The highest BCUT2D eigenvalue weighted by Crippen LogP contribution is 2.39. The van der Waals surface area contributed by atoms with Gasteiger partial charge in [-0.15, -0.1) is 0 Å². The number of hydrogen-bond donors (Lipinski definition) is 0. The van der Waals surface area contributed by atoms with E-state index in [0.29, 0.717) is 12.5 Å². The fraction of sp³-hybridized carbons (Fsp3) is 0.867. The SMILES string of the molecule is CC(C)COC(C)(C)C=C(F)B1OC(C)(C)C(C)(C)O1. The van der Waals surface area contributed by atoms with Crippen LogP contribution in [0.5, 0.6) is 0 Å². The highest BCUT2D eigenvalue weighted by molar-refractivity contribution is 6.53. The van der Waals surface area contributed by atoms with Crippen LogP contribution in [0, 0.1) is 5.92 Å². The van der Waals surface area contributed by atoms with Crippen molar-refractivity contribution in [1.82, 2.24) is 0 Å². The minimum atomic E-state index is -0.957. The van der Waals surface area contributed by atoms with Gasteiger partial charge in [-0.1, -0.05) is 13.8 Å². The summed E-state index contributed by atoms with van der Waals surface area (Å²) in [7, 11) is -0.957. The average molecular weight is 286 g/mol. The zero-order valence-electron chi connectivity index (χ0n) is 14.0. The van der Waals surface area contributed by atoms with E-state index in [1.807, 2.05) is 41.5 Å². The van der Waals surface area contributed by atoms with Gasteiger partial charge < -0.3 is 14.0 Å². The number of hydrogen-bond acceptors (Lipinski definition) is 3. The average Bonchev–Trinajstić information content (AvgIpc) is 2.45. The van der Waals surface area contributed by atoms with E-state index in [4.69, 9.17) is 14.0 Å². The molecule has 0 aromatic carbocycles. The first-order chi connectivity index (χ1) is 8.86. The molecule has 1 rings (SSSR count). The van der Waals surface area contributed by atoms with Crippen LogP contribution in [0.25, 0.3) is 0 Å². The summed E-state index contributed by atoms with van der Waals surface area (Å²) in [6.07, 6.45) is 1.44. The number of ether oxygens (including phenoxy) is 1. The van der Waals surface area contributed by atoms with Crippen molar-refractivity contribution in [3.05, 3.63) is 11.8 Å². The molecule has 3 nitrogen and oxygen atoms in total. The monoisotopic (exact) mass is 286 g/mol. The van der Waals surface area contributed by atoms with Crippen molar-refractivity contribution in [1.29, 1.82) is 0 Å². The minimum Gasteiger partial charge on any atom is -0.398 e. The van der Waals surface area contributed by atoms with Crippen molar-refractivity contribution in [2.45, 2.75) is 72.2 Å². The largest absolute Gasteiger partial charge is 0.524 e. The van der Waals surface area contributed by atoms with Crippen molar-refractivity contribution in [3.8, 4) is 0 Å². The summed E-state index contributed by atoms with van der Waals surface area (Å²) in [4.78, 5) is 0. The molecule has 0 aromatic heterocycles. The lowest BCUT2D eigenvalue weighted by Gasteiger charge is -2.32. The van der Waals surface area contributed by atoms with E-state index in [9.17, 15) is 4.39 Å². The van der Waals surface area contributed by atoms with Crippen molar-refractivity contribution in [2.24, 2.45) is 5.92 Å². The highest BCUT2D eigenvalue weighted by Gasteiger charge is 2.53. The summed E-state index contributed by atoms with van der Waals surface area (Å²) in [6.45, 7) is 16.0. The fourth-order valence-electron chi connectivity index (χ4n) is 1.78. The van der Waals surface area contributed by atoms with Gasteiger partial charge in [0.15, 0.2) is 0 Å².